The summed E-state index contributed by atoms with van der Waals surface area (Å²) in [5.41, 5.74) is 1.90. The highest BCUT2D eigenvalue weighted by atomic mass is 79.9. The van der Waals surface area contributed by atoms with Gasteiger partial charge in [-0.1, -0.05) is 84.9 Å². The van der Waals surface area contributed by atoms with Crippen LogP contribution >= 0.6 is 23.1 Å². The molecule has 0 amide bonds. The molecule has 3 nitrogen and oxygen atoms in total. The van der Waals surface area contributed by atoms with Crippen molar-refractivity contribution in [2.45, 2.75) is 0 Å². The van der Waals surface area contributed by atoms with Crippen LogP contribution in [0.5, 0.6) is 0 Å². The summed E-state index contributed by atoms with van der Waals surface area (Å²) in [6, 6.07) is 27.2. The predicted octanol–water partition coefficient (Wildman–Crippen LogP) is 4.55. The number of benzene rings is 3. The highest BCUT2D eigenvalue weighted by Gasteiger charge is 2.29. The zero-order chi connectivity index (χ0) is 18.7. The Morgan fingerprint density at radius 1 is 0.593 bits per heavy atom. The van der Waals surface area contributed by atoms with Gasteiger partial charge in [0.1, 0.15) is 0 Å². The van der Waals surface area contributed by atoms with Crippen molar-refractivity contribution in [1.82, 2.24) is 9.97 Å². The molecule has 4 rings (SSSR count). The molecule has 0 aliphatic rings. The van der Waals surface area contributed by atoms with Crippen molar-refractivity contribution in [2.75, 3.05) is 0 Å². The maximum atomic E-state index is 14.3. The lowest BCUT2D eigenvalue weighted by molar-refractivity contribution is 0.592. The van der Waals surface area contributed by atoms with E-state index in [9.17, 15) is 4.57 Å². The van der Waals surface area contributed by atoms with Crippen molar-refractivity contribution in [2.24, 2.45) is 0 Å². The van der Waals surface area contributed by atoms with Gasteiger partial charge in [-0.25, -0.2) is 9.97 Å². The SMILES string of the molecule is O=P(c1ccccc1)(c1ccccc1)c1ccc(-c2cnc(Br)nc2)cc1. The molecule has 0 spiro atoms. The first-order valence-corrected chi connectivity index (χ1v) is 11.0. The number of aromatic nitrogens is 2. The van der Waals surface area contributed by atoms with Crippen LogP contribution in [0.2, 0.25) is 0 Å². The number of nitrogens with zero attached hydrogens (tertiary/aromatic N) is 2. The molecule has 3 aromatic carbocycles. The van der Waals surface area contributed by atoms with Crippen LogP contribution in [-0.4, -0.2) is 9.97 Å². The maximum Gasteiger partial charge on any atom is 0.196 e. The summed E-state index contributed by atoms with van der Waals surface area (Å²) in [5.74, 6) is 0. The Kier molecular flexibility index (Phi) is 5.02. The third-order valence-corrected chi connectivity index (χ3v) is 7.91. The van der Waals surface area contributed by atoms with Gasteiger partial charge in [0.25, 0.3) is 0 Å². The van der Waals surface area contributed by atoms with Crippen molar-refractivity contribution in [3.05, 3.63) is 102 Å². The van der Waals surface area contributed by atoms with E-state index in [1.165, 1.54) is 0 Å². The molecule has 1 aromatic heterocycles. The topological polar surface area (TPSA) is 42.9 Å². The fourth-order valence-electron chi connectivity index (χ4n) is 3.05. The number of hydrogen-bond acceptors (Lipinski definition) is 3. The molecule has 0 radical (unpaired) electrons. The van der Waals surface area contributed by atoms with E-state index >= 15 is 0 Å². The zero-order valence-corrected chi connectivity index (χ0v) is 16.8. The molecule has 0 fully saturated rings. The van der Waals surface area contributed by atoms with E-state index in [1.807, 2.05) is 84.9 Å². The second-order valence-electron chi connectivity index (χ2n) is 6.07. The third kappa shape index (κ3) is 3.51. The Bertz CT molecular complexity index is 1040. The van der Waals surface area contributed by atoms with Crippen molar-refractivity contribution in [1.29, 1.82) is 0 Å². The minimum absolute atomic E-state index is 0.556. The Morgan fingerprint density at radius 2 is 1.04 bits per heavy atom. The molecule has 0 bridgehead atoms. The molecular weight excluding hydrogens is 419 g/mol. The van der Waals surface area contributed by atoms with E-state index in [1.54, 1.807) is 12.4 Å². The van der Waals surface area contributed by atoms with Crippen molar-refractivity contribution < 1.29 is 4.57 Å². The van der Waals surface area contributed by atoms with Crippen LogP contribution in [0.4, 0.5) is 0 Å². The lowest BCUT2D eigenvalue weighted by Gasteiger charge is -2.20. The molecule has 0 saturated heterocycles. The largest absolute Gasteiger partial charge is 0.309 e. The van der Waals surface area contributed by atoms with Crippen LogP contribution in [0, 0.1) is 0 Å². The molecule has 0 saturated carbocycles. The van der Waals surface area contributed by atoms with E-state index < -0.39 is 7.14 Å². The monoisotopic (exact) mass is 434 g/mol. The van der Waals surface area contributed by atoms with Crippen molar-refractivity contribution in [3.8, 4) is 11.1 Å². The molecule has 0 aliphatic heterocycles. The first kappa shape index (κ1) is 17.8. The minimum atomic E-state index is -2.93. The van der Waals surface area contributed by atoms with Gasteiger partial charge in [-0.15, -0.1) is 0 Å². The molecular formula is C22H16BrN2OP. The zero-order valence-electron chi connectivity index (χ0n) is 14.4. The van der Waals surface area contributed by atoms with Gasteiger partial charge in [-0.05, 0) is 21.5 Å². The van der Waals surface area contributed by atoms with Gasteiger partial charge in [0.2, 0.25) is 0 Å². The maximum absolute atomic E-state index is 14.3. The van der Waals surface area contributed by atoms with E-state index in [0.717, 1.165) is 27.0 Å². The van der Waals surface area contributed by atoms with Gasteiger partial charge < -0.3 is 4.57 Å². The fraction of sp³-hybridized carbons (Fsp3) is 0. The van der Waals surface area contributed by atoms with Gasteiger partial charge in [0.15, 0.2) is 11.9 Å². The van der Waals surface area contributed by atoms with Crippen LogP contribution < -0.4 is 15.9 Å². The quantitative estimate of drug-likeness (QED) is 0.349. The molecule has 1 heterocycles. The second-order valence-corrected chi connectivity index (χ2v) is 9.55. The van der Waals surface area contributed by atoms with Crippen molar-refractivity contribution in [3.63, 3.8) is 0 Å². The Hall–Kier alpha value is -2.55. The summed E-state index contributed by atoms with van der Waals surface area (Å²) < 4.78 is 14.8. The summed E-state index contributed by atoms with van der Waals surface area (Å²) in [4.78, 5) is 8.35. The molecule has 5 heteroatoms. The van der Waals surface area contributed by atoms with Crippen LogP contribution in [0.1, 0.15) is 0 Å². The van der Waals surface area contributed by atoms with Gasteiger partial charge in [0.05, 0.1) is 0 Å². The normalized spacial score (nSPS) is 11.3. The molecule has 0 unspecified atom stereocenters. The summed E-state index contributed by atoms with van der Waals surface area (Å²) >= 11 is 3.25. The second kappa shape index (κ2) is 7.59. The fourth-order valence-corrected chi connectivity index (χ4v) is 5.90. The van der Waals surface area contributed by atoms with Crippen LogP contribution in [0.15, 0.2) is 102 Å². The smallest absolute Gasteiger partial charge is 0.196 e. The third-order valence-electron chi connectivity index (χ3n) is 4.42. The van der Waals surface area contributed by atoms with Crippen LogP contribution in [-0.2, 0) is 4.57 Å². The number of halogens is 1. The molecule has 0 atom stereocenters. The predicted molar refractivity (Wildman–Crippen MR) is 115 cm³/mol. The Labute approximate surface area is 166 Å². The minimum Gasteiger partial charge on any atom is -0.309 e. The summed E-state index contributed by atoms with van der Waals surface area (Å²) in [6.07, 6.45) is 3.53. The average molecular weight is 435 g/mol. The first-order valence-electron chi connectivity index (χ1n) is 8.48. The molecule has 0 N–H and O–H groups in total. The van der Waals surface area contributed by atoms with E-state index in [4.69, 9.17) is 0 Å². The van der Waals surface area contributed by atoms with Crippen LogP contribution in [0.3, 0.4) is 0 Å². The lowest BCUT2D eigenvalue weighted by atomic mass is 10.1. The molecule has 0 aliphatic carbocycles. The van der Waals surface area contributed by atoms with E-state index in [0.29, 0.717) is 4.73 Å². The molecule has 4 aromatic rings. The van der Waals surface area contributed by atoms with E-state index in [-0.39, 0.29) is 0 Å². The lowest BCUT2D eigenvalue weighted by Crippen LogP contribution is -2.24. The number of rotatable bonds is 4. The average Bonchev–Trinajstić information content (AvgIpc) is 2.75. The summed E-state index contributed by atoms with van der Waals surface area (Å²) in [7, 11) is -2.93. The first-order chi connectivity index (χ1) is 13.2. The standard InChI is InChI=1S/C22H16BrN2OP/c23-22-24-15-18(16-25-22)17-11-13-21(14-12-17)27(26,19-7-3-1-4-8-19)20-9-5-2-6-10-20/h1-16H. The van der Waals surface area contributed by atoms with Crippen LogP contribution in [0.25, 0.3) is 11.1 Å². The summed E-state index contributed by atoms with van der Waals surface area (Å²) in [6.45, 7) is 0. The highest BCUT2D eigenvalue weighted by Crippen LogP contribution is 2.42. The molecule has 27 heavy (non-hydrogen) atoms. The molecule has 132 valence electrons. The Morgan fingerprint density at radius 3 is 1.52 bits per heavy atom. The van der Waals surface area contributed by atoms with E-state index in [2.05, 4.69) is 25.9 Å². The van der Waals surface area contributed by atoms with Gasteiger partial charge in [-0.3, -0.25) is 0 Å². The van der Waals surface area contributed by atoms with Gasteiger partial charge >= 0.3 is 0 Å². The van der Waals surface area contributed by atoms with Gasteiger partial charge in [0, 0.05) is 33.9 Å². The number of hydrogen-bond donors (Lipinski definition) is 0. The van der Waals surface area contributed by atoms with Crippen molar-refractivity contribution >= 4 is 39.0 Å². The highest BCUT2D eigenvalue weighted by molar-refractivity contribution is 9.10. The van der Waals surface area contributed by atoms with Gasteiger partial charge in [-0.2, -0.15) is 0 Å². The summed E-state index contributed by atoms with van der Waals surface area (Å²) in [5, 5.41) is 2.47. The Balaban J connectivity index is 1.82.